The second kappa shape index (κ2) is 4.77. The van der Waals surface area contributed by atoms with Gasteiger partial charge in [-0.3, -0.25) is 4.68 Å². The van der Waals surface area contributed by atoms with Crippen LogP contribution in [0.25, 0.3) is 0 Å². The Bertz CT molecular complexity index is 268. The molecule has 0 aliphatic rings. The number of aromatic nitrogens is 2. The summed E-state index contributed by atoms with van der Waals surface area (Å²) in [6.07, 6.45) is 1.85. The molecule has 13 heavy (non-hydrogen) atoms. The van der Waals surface area contributed by atoms with Gasteiger partial charge in [-0.25, -0.2) is 0 Å². The number of rotatable bonds is 4. The maximum atomic E-state index is 4.30. The van der Waals surface area contributed by atoms with Crippen molar-refractivity contribution in [3.05, 3.63) is 16.4 Å². The Morgan fingerprint density at radius 3 is 2.85 bits per heavy atom. The topological polar surface area (TPSA) is 29.9 Å². The Labute approximate surface area is 87.6 Å². The van der Waals surface area contributed by atoms with Gasteiger partial charge in [0.15, 0.2) is 0 Å². The van der Waals surface area contributed by atoms with Crippen LogP contribution in [0.15, 0.2) is 10.7 Å². The van der Waals surface area contributed by atoms with Crippen LogP contribution in [0.1, 0.15) is 32.5 Å². The summed E-state index contributed by atoms with van der Waals surface area (Å²) < 4.78 is 3.12. The molecule has 0 aliphatic carbocycles. The third-order valence-electron chi connectivity index (χ3n) is 1.88. The number of hydrogen-bond donors (Lipinski definition) is 1. The average Bonchev–Trinajstić information content (AvgIpc) is 2.43. The zero-order valence-corrected chi connectivity index (χ0v) is 9.93. The number of nitrogens with zero attached hydrogens (tertiary/aromatic N) is 2. The first kappa shape index (κ1) is 10.7. The second-order valence-corrected chi connectivity index (χ2v) is 4.11. The lowest BCUT2D eigenvalue weighted by Gasteiger charge is -2.11. The molecular formula is C9H16BrN3. The highest BCUT2D eigenvalue weighted by molar-refractivity contribution is 9.10. The summed E-state index contributed by atoms with van der Waals surface area (Å²) in [4.78, 5) is 0. The number of nitrogens with one attached hydrogen (secondary N) is 1. The zero-order valence-electron chi connectivity index (χ0n) is 8.34. The lowest BCUT2D eigenvalue weighted by atomic mass is 10.3. The molecule has 1 aromatic rings. The van der Waals surface area contributed by atoms with Gasteiger partial charge in [-0.05, 0) is 36.3 Å². The standard InChI is InChI=1S/C9H16BrN3/c1-4-11-6-9-8(10)5-12-13(9)7(2)3/h5,7,11H,4,6H2,1-3H3. The molecule has 4 heteroatoms. The fourth-order valence-electron chi connectivity index (χ4n) is 1.22. The van der Waals surface area contributed by atoms with Crippen LogP contribution in [0.3, 0.4) is 0 Å². The highest BCUT2D eigenvalue weighted by Gasteiger charge is 2.09. The van der Waals surface area contributed by atoms with Gasteiger partial charge in [0, 0.05) is 12.6 Å². The summed E-state index contributed by atoms with van der Waals surface area (Å²) in [7, 11) is 0. The van der Waals surface area contributed by atoms with Gasteiger partial charge in [-0.1, -0.05) is 6.92 Å². The van der Waals surface area contributed by atoms with Crippen LogP contribution < -0.4 is 5.32 Å². The normalized spacial score (nSPS) is 11.2. The number of halogens is 1. The summed E-state index contributed by atoms with van der Waals surface area (Å²) >= 11 is 3.49. The minimum Gasteiger partial charge on any atom is -0.311 e. The van der Waals surface area contributed by atoms with E-state index in [2.05, 4.69) is 47.1 Å². The second-order valence-electron chi connectivity index (χ2n) is 3.26. The molecule has 1 N–H and O–H groups in total. The van der Waals surface area contributed by atoms with Crippen molar-refractivity contribution in [2.45, 2.75) is 33.4 Å². The van der Waals surface area contributed by atoms with Gasteiger partial charge in [-0.2, -0.15) is 5.10 Å². The lowest BCUT2D eigenvalue weighted by molar-refractivity contribution is 0.497. The first-order valence-corrected chi connectivity index (χ1v) is 5.38. The average molecular weight is 246 g/mol. The largest absolute Gasteiger partial charge is 0.311 e. The van der Waals surface area contributed by atoms with Gasteiger partial charge in [0.2, 0.25) is 0 Å². The van der Waals surface area contributed by atoms with Crippen LogP contribution >= 0.6 is 15.9 Å². The quantitative estimate of drug-likeness (QED) is 0.883. The van der Waals surface area contributed by atoms with Crippen molar-refractivity contribution in [2.24, 2.45) is 0 Å². The van der Waals surface area contributed by atoms with E-state index in [-0.39, 0.29) is 0 Å². The van der Waals surface area contributed by atoms with Crippen molar-refractivity contribution in [1.82, 2.24) is 15.1 Å². The van der Waals surface area contributed by atoms with Gasteiger partial charge in [-0.15, -0.1) is 0 Å². The molecule has 74 valence electrons. The van der Waals surface area contributed by atoms with E-state index in [4.69, 9.17) is 0 Å². The van der Waals surface area contributed by atoms with Crippen LogP contribution in [0, 0.1) is 0 Å². The first-order valence-electron chi connectivity index (χ1n) is 4.59. The fourth-order valence-corrected chi connectivity index (χ4v) is 1.63. The first-order chi connectivity index (χ1) is 6.16. The smallest absolute Gasteiger partial charge is 0.0667 e. The molecule has 1 rings (SSSR count). The van der Waals surface area contributed by atoms with Crippen molar-refractivity contribution in [2.75, 3.05) is 6.54 Å². The highest BCUT2D eigenvalue weighted by Crippen LogP contribution is 2.18. The van der Waals surface area contributed by atoms with Gasteiger partial charge < -0.3 is 5.32 Å². The molecular weight excluding hydrogens is 230 g/mol. The third-order valence-corrected chi connectivity index (χ3v) is 2.54. The van der Waals surface area contributed by atoms with E-state index < -0.39 is 0 Å². The Hall–Kier alpha value is -0.350. The number of hydrogen-bond acceptors (Lipinski definition) is 2. The molecule has 0 amide bonds. The summed E-state index contributed by atoms with van der Waals surface area (Å²) in [5, 5.41) is 7.59. The molecule has 0 aromatic carbocycles. The van der Waals surface area contributed by atoms with Crippen molar-refractivity contribution in [3.8, 4) is 0 Å². The predicted molar refractivity (Wildman–Crippen MR) is 57.7 cm³/mol. The Balaban J connectivity index is 2.82. The SMILES string of the molecule is CCNCc1c(Br)cnn1C(C)C. The monoisotopic (exact) mass is 245 g/mol. The van der Waals surface area contributed by atoms with E-state index in [9.17, 15) is 0 Å². The van der Waals surface area contributed by atoms with Gasteiger partial charge >= 0.3 is 0 Å². The lowest BCUT2D eigenvalue weighted by Crippen LogP contribution is -2.17. The van der Waals surface area contributed by atoms with Gasteiger partial charge in [0.1, 0.15) is 0 Å². The molecule has 0 bridgehead atoms. The summed E-state index contributed by atoms with van der Waals surface area (Å²) in [6, 6.07) is 0.417. The zero-order chi connectivity index (χ0) is 9.84. The summed E-state index contributed by atoms with van der Waals surface area (Å²) in [5.41, 5.74) is 1.22. The molecule has 3 nitrogen and oxygen atoms in total. The van der Waals surface area contributed by atoms with E-state index in [1.54, 1.807) is 0 Å². The Kier molecular flexibility index (Phi) is 3.93. The van der Waals surface area contributed by atoms with Crippen LogP contribution in [-0.4, -0.2) is 16.3 Å². The molecule has 0 fully saturated rings. The molecule has 0 aliphatic heterocycles. The maximum Gasteiger partial charge on any atom is 0.0667 e. The summed E-state index contributed by atoms with van der Waals surface area (Å²) in [5.74, 6) is 0. The van der Waals surface area contributed by atoms with Crippen molar-refractivity contribution in [1.29, 1.82) is 0 Å². The summed E-state index contributed by atoms with van der Waals surface area (Å²) in [6.45, 7) is 8.22. The molecule has 0 radical (unpaired) electrons. The van der Waals surface area contributed by atoms with E-state index in [0.717, 1.165) is 17.6 Å². The molecule has 1 heterocycles. The minimum absolute atomic E-state index is 0.417. The minimum atomic E-state index is 0.417. The predicted octanol–water partition coefficient (Wildman–Crippen LogP) is 2.34. The molecule has 1 aromatic heterocycles. The van der Waals surface area contributed by atoms with Crippen molar-refractivity contribution >= 4 is 15.9 Å². The van der Waals surface area contributed by atoms with E-state index in [1.165, 1.54) is 5.69 Å². The Morgan fingerprint density at radius 2 is 2.31 bits per heavy atom. The van der Waals surface area contributed by atoms with Crippen LogP contribution in [0.4, 0.5) is 0 Å². The fraction of sp³-hybridized carbons (Fsp3) is 0.667. The Morgan fingerprint density at radius 1 is 1.62 bits per heavy atom. The van der Waals surface area contributed by atoms with Crippen molar-refractivity contribution in [3.63, 3.8) is 0 Å². The molecule has 0 unspecified atom stereocenters. The van der Waals surface area contributed by atoms with E-state index in [1.807, 2.05) is 10.9 Å². The molecule has 0 atom stereocenters. The molecule has 0 saturated heterocycles. The van der Waals surface area contributed by atoms with Crippen LogP contribution in [-0.2, 0) is 6.54 Å². The molecule has 0 saturated carbocycles. The van der Waals surface area contributed by atoms with E-state index in [0.29, 0.717) is 6.04 Å². The van der Waals surface area contributed by atoms with E-state index >= 15 is 0 Å². The van der Waals surface area contributed by atoms with Crippen LogP contribution in [0.2, 0.25) is 0 Å². The molecule has 0 spiro atoms. The van der Waals surface area contributed by atoms with Gasteiger partial charge in [0.05, 0.1) is 16.4 Å². The van der Waals surface area contributed by atoms with Crippen molar-refractivity contribution < 1.29 is 0 Å². The van der Waals surface area contributed by atoms with Gasteiger partial charge in [0.25, 0.3) is 0 Å². The van der Waals surface area contributed by atoms with Crippen LogP contribution in [0.5, 0.6) is 0 Å². The highest BCUT2D eigenvalue weighted by atomic mass is 79.9. The third kappa shape index (κ3) is 2.54. The maximum absolute atomic E-state index is 4.30.